The third kappa shape index (κ3) is 3.82. The molecule has 10 heteroatoms. The fourth-order valence-corrected chi connectivity index (χ4v) is 6.57. The summed E-state index contributed by atoms with van der Waals surface area (Å²) in [6.45, 7) is 2.00. The van der Waals surface area contributed by atoms with Gasteiger partial charge in [0.15, 0.2) is 0 Å². The van der Waals surface area contributed by atoms with Gasteiger partial charge >= 0.3 is 0 Å². The molecule has 1 aliphatic heterocycles. The first-order valence-corrected chi connectivity index (χ1v) is 12.5. The van der Waals surface area contributed by atoms with Crippen LogP contribution in [0.3, 0.4) is 0 Å². The summed E-state index contributed by atoms with van der Waals surface area (Å²) >= 11 is 21.6. The van der Waals surface area contributed by atoms with Crippen LogP contribution in [0.4, 0.5) is 0 Å². The topological polar surface area (TPSA) is 62.3 Å². The van der Waals surface area contributed by atoms with Gasteiger partial charge in [-0.1, -0.05) is 46.4 Å². The fourth-order valence-electron chi connectivity index (χ4n) is 3.58. The number of aromatic nitrogens is 1. The lowest BCUT2D eigenvalue weighted by atomic mass is 10.1. The predicted molar refractivity (Wildman–Crippen MR) is 133 cm³/mol. The molecule has 0 bridgehead atoms. The smallest absolute Gasteiger partial charge is 0.272 e. The van der Waals surface area contributed by atoms with E-state index in [4.69, 9.17) is 34.8 Å². The number of benzene rings is 2. The Morgan fingerprint density at radius 3 is 2.78 bits per heavy atom. The Hall–Kier alpha value is -2.03. The maximum absolute atomic E-state index is 13.1. The van der Waals surface area contributed by atoms with Gasteiger partial charge in [-0.25, -0.2) is 9.99 Å². The van der Waals surface area contributed by atoms with Crippen LogP contribution in [0.2, 0.25) is 15.2 Å². The molecule has 0 spiro atoms. The van der Waals surface area contributed by atoms with Crippen LogP contribution in [-0.4, -0.2) is 27.6 Å². The fraction of sp³-hybridized carbons (Fsp3) is 0.136. The molecule has 2 aromatic carbocycles. The first-order chi connectivity index (χ1) is 15.3. The number of hydrazine groups is 1. The number of aryl methyl sites for hydroxylation is 1. The van der Waals surface area contributed by atoms with Gasteiger partial charge in [0.05, 0.1) is 16.3 Å². The van der Waals surface area contributed by atoms with Gasteiger partial charge in [-0.2, -0.15) is 0 Å². The Morgan fingerprint density at radius 1 is 1.16 bits per heavy atom. The number of pyridine rings is 1. The van der Waals surface area contributed by atoms with E-state index in [-0.39, 0.29) is 11.7 Å². The highest BCUT2D eigenvalue weighted by molar-refractivity contribution is 8.00. The Balaban J connectivity index is 1.49. The minimum atomic E-state index is -0.501. The lowest BCUT2D eigenvalue weighted by Crippen LogP contribution is -2.44. The number of halogens is 3. The largest absolute Gasteiger partial charge is 0.281 e. The summed E-state index contributed by atoms with van der Waals surface area (Å²) in [6.07, 6.45) is 0. The summed E-state index contributed by atoms with van der Waals surface area (Å²) in [6, 6.07) is 13.1. The number of fused-ring (bicyclic) bond motifs is 2. The zero-order chi connectivity index (χ0) is 22.6. The molecule has 0 saturated carbocycles. The summed E-state index contributed by atoms with van der Waals surface area (Å²) in [5.41, 5.74) is 5.25. The maximum Gasteiger partial charge on any atom is 0.281 e. The summed E-state index contributed by atoms with van der Waals surface area (Å²) in [5, 5.41) is 3.56. The molecular formula is C22H14Cl3N3O2S2. The number of carbonyl (C=O) groups is 2. The van der Waals surface area contributed by atoms with Crippen molar-refractivity contribution in [1.29, 1.82) is 0 Å². The first kappa shape index (κ1) is 21.8. The molecule has 32 heavy (non-hydrogen) atoms. The number of hydrogen-bond acceptors (Lipinski definition) is 5. The standard InChI is InChI=1S/C22H14Cl3N3O2S2/c1-10-2-4-15-11(6-10)7-14(20(25)26-15)22-28(17(29)9-31-22)27-21(30)19-18(24)13-8-12(23)3-5-16(13)32-19/h2-8,22H,9H2,1H3,(H,27,30). The molecule has 0 aliphatic carbocycles. The number of carbonyl (C=O) groups excluding carboxylic acids is 2. The van der Waals surface area contributed by atoms with Crippen molar-refractivity contribution in [2.45, 2.75) is 12.3 Å². The van der Waals surface area contributed by atoms with Gasteiger partial charge in [0.2, 0.25) is 0 Å². The monoisotopic (exact) mass is 521 g/mol. The third-order valence-electron chi connectivity index (χ3n) is 5.10. The highest BCUT2D eigenvalue weighted by Gasteiger charge is 2.37. The van der Waals surface area contributed by atoms with E-state index in [1.807, 2.05) is 37.3 Å². The zero-order valence-electron chi connectivity index (χ0n) is 16.5. The molecule has 5 rings (SSSR count). The lowest BCUT2D eigenvalue weighted by molar-refractivity contribution is -0.130. The lowest BCUT2D eigenvalue weighted by Gasteiger charge is -2.25. The van der Waals surface area contributed by atoms with Crippen LogP contribution in [0.5, 0.6) is 0 Å². The van der Waals surface area contributed by atoms with E-state index in [1.54, 1.807) is 12.1 Å². The van der Waals surface area contributed by atoms with Crippen molar-refractivity contribution in [1.82, 2.24) is 15.4 Å². The summed E-state index contributed by atoms with van der Waals surface area (Å²) < 4.78 is 0.834. The third-order valence-corrected chi connectivity index (χ3v) is 8.51. The minimum absolute atomic E-state index is 0.211. The zero-order valence-corrected chi connectivity index (χ0v) is 20.4. The Kier molecular flexibility index (Phi) is 5.72. The molecule has 1 saturated heterocycles. The molecule has 5 nitrogen and oxygen atoms in total. The maximum atomic E-state index is 13.1. The van der Waals surface area contributed by atoms with E-state index < -0.39 is 11.3 Å². The normalized spacial score (nSPS) is 16.3. The SMILES string of the molecule is Cc1ccc2nc(Cl)c(C3SCC(=O)N3NC(=O)c3sc4ccc(Cl)cc4c3Cl)cc2c1. The second-order valence-corrected chi connectivity index (χ2v) is 10.6. The minimum Gasteiger partial charge on any atom is -0.272 e. The van der Waals surface area contributed by atoms with E-state index in [0.29, 0.717) is 31.0 Å². The second kappa shape index (κ2) is 8.39. The van der Waals surface area contributed by atoms with Crippen molar-refractivity contribution in [3.8, 4) is 0 Å². The van der Waals surface area contributed by atoms with Gasteiger partial charge in [0.25, 0.3) is 11.8 Å². The van der Waals surface area contributed by atoms with Crippen LogP contribution in [-0.2, 0) is 4.79 Å². The van der Waals surface area contributed by atoms with E-state index in [2.05, 4.69) is 10.4 Å². The highest BCUT2D eigenvalue weighted by Crippen LogP contribution is 2.42. The van der Waals surface area contributed by atoms with Crippen molar-refractivity contribution in [2.75, 3.05) is 5.75 Å². The van der Waals surface area contributed by atoms with Crippen LogP contribution >= 0.6 is 57.9 Å². The van der Waals surface area contributed by atoms with Crippen LogP contribution in [0, 0.1) is 6.92 Å². The van der Waals surface area contributed by atoms with Crippen molar-refractivity contribution < 1.29 is 9.59 Å². The Morgan fingerprint density at radius 2 is 1.97 bits per heavy atom. The number of thioether (sulfide) groups is 1. The molecule has 4 aromatic rings. The van der Waals surface area contributed by atoms with Crippen molar-refractivity contribution in [3.63, 3.8) is 0 Å². The number of amides is 2. The van der Waals surface area contributed by atoms with Crippen LogP contribution in [0.25, 0.3) is 21.0 Å². The van der Waals surface area contributed by atoms with Crippen molar-refractivity contribution >= 4 is 90.7 Å². The molecule has 2 aromatic heterocycles. The quantitative estimate of drug-likeness (QED) is 0.307. The number of thiophene rings is 1. The Labute approximate surface area is 206 Å². The molecule has 1 aliphatic rings. The molecule has 162 valence electrons. The predicted octanol–water partition coefficient (Wildman–Crippen LogP) is 6.64. The highest BCUT2D eigenvalue weighted by atomic mass is 35.5. The molecule has 1 unspecified atom stereocenters. The molecule has 1 N–H and O–H groups in total. The number of nitrogens with one attached hydrogen (secondary N) is 1. The molecule has 1 atom stereocenters. The summed E-state index contributed by atoms with van der Waals surface area (Å²) in [4.78, 5) is 30.5. The van der Waals surface area contributed by atoms with Gasteiger partial charge in [0.1, 0.15) is 15.4 Å². The Bertz CT molecular complexity index is 1420. The van der Waals surface area contributed by atoms with E-state index >= 15 is 0 Å². The van der Waals surface area contributed by atoms with Crippen LogP contribution in [0.15, 0.2) is 42.5 Å². The molecule has 2 amide bonds. The van der Waals surface area contributed by atoms with Gasteiger partial charge in [-0.3, -0.25) is 15.0 Å². The number of nitrogens with zero attached hydrogens (tertiary/aromatic N) is 2. The summed E-state index contributed by atoms with van der Waals surface area (Å²) in [7, 11) is 0. The molecule has 3 heterocycles. The van der Waals surface area contributed by atoms with Crippen LogP contribution < -0.4 is 5.43 Å². The molecular weight excluding hydrogens is 509 g/mol. The van der Waals surface area contributed by atoms with E-state index in [9.17, 15) is 9.59 Å². The van der Waals surface area contributed by atoms with E-state index in [0.717, 1.165) is 21.2 Å². The first-order valence-electron chi connectivity index (χ1n) is 9.51. The van der Waals surface area contributed by atoms with Gasteiger partial charge in [0, 0.05) is 26.1 Å². The molecule has 0 radical (unpaired) electrons. The average Bonchev–Trinajstić information content (AvgIpc) is 3.28. The van der Waals surface area contributed by atoms with E-state index in [1.165, 1.54) is 28.1 Å². The van der Waals surface area contributed by atoms with Gasteiger partial charge < -0.3 is 0 Å². The average molecular weight is 523 g/mol. The van der Waals surface area contributed by atoms with Gasteiger partial charge in [-0.15, -0.1) is 23.1 Å². The number of rotatable bonds is 3. The van der Waals surface area contributed by atoms with Gasteiger partial charge in [-0.05, 0) is 43.3 Å². The summed E-state index contributed by atoms with van der Waals surface area (Å²) in [5.74, 6) is -0.481. The second-order valence-electron chi connectivity index (χ2n) is 7.32. The molecule has 1 fully saturated rings. The van der Waals surface area contributed by atoms with Crippen molar-refractivity contribution in [3.05, 3.63) is 73.7 Å². The van der Waals surface area contributed by atoms with Crippen molar-refractivity contribution in [2.24, 2.45) is 0 Å². The van der Waals surface area contributed by atoms with Crippen LogP contribution in [0.1, 0.15) is 26.2 Å². The number of hydrogen-bond donors (Lipinski definition) is 1.